The second-order valence-corrected chi connectivity index (χ2v) is 13.0. The maximum absolute atomic E-state index is 17.4. The van der Waals surface area contributed by atoms with Crippen molar-refractivity contribution in [3.63, 3.8) is 0 Å². The molecule has 5 N–H and O–H groups in total. The first-order chi connectivity index (χ1) is 20.4. The highest BCUT2D eigenvalue weighted by molar-refractivity contribution is 6.01. The molecule has 11 heteroatoms. The SMILES string of the molecule is C[C@@H]1C[C@H]2[C@@H]3CCC4=CC(=O)C=C[C@]4(C)[C@@]3(F)[C@@H](O)C[C@@]23CO[C@]13C(=O)COC(=O)OCc1ccc(NC(O)CN)cc1. The molecule has 9 atom stereocenters. The second-order valence-electron chi connectivity index (χ2n) is 13.0. The molecule has 0 aromatic heterocycles. The van der Waals surface area contributed by atoms with Gasteiger partial charge in [0.1, 0.15) is 18.4 Å². The molecule has 232 valence electrons. The van der Waals surface area contributed by atoms with Crippen molar-refractivity contribution < 1.29 is 43.2 Å². The van der Waals surface area contributed by atoms with Crippen molar-refractivity contribution in [3.05, 3.63) is 53.6 Å². The molecule has 1 aromatic rings. The van der Waals surface area contributed by atoms with E-state index in [-0.39, 0.29) is 43.8 Å². The molecule has 1 spiro atoms. The van der Waals surface area contributed by atoms with Crippen LogP contribution in [0.3, 0.4) is 0 Å². The third-order valence-electron chi connectivity index (χ3n) is 11.1. The average Bonchev–Trinajstić information content (AvgIpc) is 3.14. The molecule has 4 aliphatic carbocycles. The number of benzene rings is 1. The van der Waals surface area contributed by atoms with Crippen LogP contribution in [0.1, 0.15) is 45.1 Å². The van der Waals surface area contributed by atoms with E-state index in [1.165, 1.54) is 12.2 Å². The number of ether oxygens (including phenoxy) is 3. The van der Waals surface area contributed by atoms with Gasteiger partial charge >= 0.3 is 6.16 Å². The molecule has 6 rings (SSSR count). The Labute approximate surface area is 249 Å². The summed E-state index contributed by atoms with van der Waals surface area (Å²) in [5, 5.41) is 23.9. The minimum Gasteiger partial charge on any atom is -0.429 e. The molecule has 5 aliphatic rings. The summed E-state index contributed by atoms with van der Waals surface area (Å²) in [6.07, 6.45) is 2.85. The third-order valence-corrected chi connectivity index (χ3v) is 11.1. The summed E-state index contributed by atoms with van der Waals surface area (Å²) in [5.74, 6) is -1.60. The maximum Gasteiger partial charge on any atom is 0.509 e. The number of halogens is 1. The fourth-order valence-electron chi connectivity index (χ4n) is 9.03. The van der Waals surface area contributed by atoms with Crippen LogP contribution in [0.5, 0.6) is 0 Å². The van der Waals surface area contributed by atoms with Gasteiger partial charge in [-0.1, -0.05) is 30.7 Å². The van der Waals surface area contributed by atoms with Gasteiger partial charge in [0.25, 0.3) is 0 Å². The first-order valence-corrected chi connectivity index (χ1v) is 14.9. The number of carbonyl (C=O) groups excluding carboxylic acids is 3. The van der Waals surface area contributed by atoms with Crippen LogP contribution >= 0.6 is 0 Å². The lowest BCUT2D eigenvalue weighted by Gasteiger charge is -2.67. The molecule has 1 aromatic carbocycles. The zero-order valence-electron chi connectivity index (χ0n) is 24.4. The first kappa shape index (κ1) is 29.9. The minimum atomic E-state index is -1.99. The van der Waals surface area contributed by atoms with E-state index in [1.54, 1.807) is 37.3 Å². The van der Waals surface area contributed by atoms with Crippen molar-refractivity contribution in [3.8, 4) is 0 Å². The van der Waals surface area contributed by atoms with Crippen LogP contribution in [-0.2, 0) is 30.4 Å². The van der Waals surface area contributed by atoms with Gasteiger partial charge in [-0.15, -0.1) is 0 Å². The first-order valence-electron chi connectivity index (χ1n) is 14.9. The number of Topliss-reactive ketones (excluding diaryl/α,β-unsaturated/α-hetero) is 1. The van der Waals surface area contributed by atoms with Crippen LogP contribution < -0.4 is 11.1 Å². The standard InChI is InChI=1S/C32H39FN2O8/c1-18-11-24-23-8-5-20-12-22(36)9-10-29(20,2)31(23,33)25(37)13-30(24)17-43-32(18,30)26(38)16-42-28(40)41-15-19-3-6-21(7-4-19)35-27(39)14-34/h3-4,6-7,9-10,12,18,23-25,27,35,37,39H,5,8,11,13-17,34H2,1-2H3/t18-,23+,24+,25+,27?,29+,30-,31+,32+/m1/s1. The Bertz CT molecular complexity index is 1380. The number of ketones is 2. The highest BCUT2D eigenvalue weighted by Crippen LogP contribution is 2.74. The normalized spacial score (nSPS) is 39.7. The number of alkyl halides is 1. The van der Waals surface area contributed by atoms with E-state index in [0.29, 0.717) is 36.1 Å². The number of carbonyl (C=O) groups is 3. The number of fused-ring (bicyclic) bond motifs is 4. The molecule has 3 saturated carbocycles. The number of rotatable bonds is 8. The van der Waals surface area contributed by atoms with Gasteiger partial charge in [-0.05, 0) is 74.3 Å². The van der Waals surface area contributed by atoms with E-state index in [2.05, 4.69) is 5.32 Å². The molecular weight excluding hydrogens is 559 g/mol. The van der Waals surface area contributed by atoms with Crippen LogP contribution in [-0.4, -0.2) is 71.3 Å². The van der Waals surface area contributed by atoms with Gasteiger partial charge in [-0.2, -0.15) is 0 Å². The Morgan fingerprint density at radius 2 is 1.98 bits per heavy atom. The van der Waals surface area contributed by atoms with E-state index in [9.17, 15) is 24.6 Å². The van der Waals surface area contributed by atoms with Crippen molar-refractivity contribution in [1.29, 1.82) is 0 Å². The zero-order valence-corrected chi connectivity index (χ0v) is 24.4. The molecule has 1 heterocycles. The molecule has 0 amide bonds. The lowest BCUT2D eigenvalue weighted by atomic mass is 9.43. The summed E-state index contributed by atoms with van der Waals surface area (Å²) in [6.45, 7) is 3.30. The number of hydrogen-bond donors (Lipinski definition) is 4. The van der Waals surface area contributed by atoms with Crippen molar-refractivity contribution >= 4 is 23.4 Å². The van der Waals surface area contributed by atoms with E-state index < -0.39 is 58.9 Å². The van der Waals surface area contributed by atoms with E-state index >= 15 is 4.39 Å². The predicted octanol–water partition coefficient (Wildman–Crippen LogP) is 2.96. The second kappa shape index (κ2) is 10.5. The molecule has 4 fully saturated rings. The van der Waals surface area contributed by atoms with E-state index in [4.69, 9.17) is 19.9 Å². The fraction of sp³-hybridized carbons (Fsp3) is 0.594. The highest BCUT2D eigenvalue weighted by Gasteiger charge is 2.81. The summed E-state index contributed by atoms with van der Waals surface area (Å²) < 4.78 is 33.8. The Kier molecular flexibility index (Phi) is 7.31. The smallest absolute Gasteiger partial charge is 0.429 e. The molecule has 0 radical (unpaired) electrons. The number of nitrogens with one attached hydrogen (secondary N) is 1. The molecule has 1 unspecified atom stereocenters. The molecule has 10 nitrogen and oxygen atoms in total. The van der Waals surface area contributed by atoms with E-state index in [1.807, 2.05) is 6.92 Å². The van der Waals surface area contributed by atoms with Gasteiger partial charge in [0, 0.05) is 29.0 Å². The minimum absolute atomic E-state index is 0.0447. The zero-order chi connectivity index (χ0) is 30.8. The summed E-state index contributed by atoms with van der Waals surface area (Å²) in [5.41, 5.74) is 2.27. The molecule has 43 heavy (non-hydrogen) atoms. The number of nitrogens with two attached hydrogens (primary N) is 1. The highest BCUT2D eigenvalue weighted by atomic mass is 19.1. The largest absolute Gasteiger partial charge is 0.509 e. The molecule has 0 bridgehead atoms. The number of aliphatic hydroxyl groups excluding tert-OH is 2. The molecule has 1 aliphatic heterocycles. The monoisotopic (exact) mass is 598 g/mol. The molecule has 1 saturated heterocycles. The van der Waals surface area contributed by atoms with Crippen molar-refractivity contribution in [2.24, 2.45) is 34.3 Å². The Morgan fingerprint density at radius 1 is 1.23 bits per heavy atom. The Hall–Kier alpha value is -3.12. The van der Waals surface area contributed by atoms with Gasteiger partial charge in [-0.3, -0.25) is 9.59 Å². The quantitative estimate of drug-likeness (QED) is 0.259. The number of allylic oxidation sites excluding steroid dienone is 4. The number of hydrogen-bond acceptors (Lipinski definition) is 10. The maximum atomic E-state index is 17.4. The van der Waals surface area contributed by atoms with Crippen LogP contribution in [0.2, 0.25) is 0 Å². The number of anilines is 1. The van der Waals surface area contributed by atoms with Crippen LogP contribution in [0.25, 0.3) is 0 Å². The Balaban J connectivity index is 1.12. The molecular formula is C32H39FN2O8. The van der Waals surface area contributed by atoms with Crippen LogP contribution in [0, 0.1) is 28.6 Å². The van der Waals surface area contributed by atoms with E-state index in [0.717, 1.165) is 0 Å². The lowest BCUT2D eigenvalue weighted by molar-refractivity contribution is -0.309. The van der Waals surface area contributed by atoms with Gasteiger partial charge in [0.2, 0.25) is 5.78 Å². The van der Waals surface area contributed by atoms with Crippen LogP contribution in [0.15, 0.2) is 48.1 Å². The third kappa shape index (κ3) is 4.22. The number of aliphatic hydroxyl groups is 2. The summed E-state index contributed by atoms with van der Waals surface area (Å²) >= 11 is 0. The predicted molar refractivity (Wildman–Crippen MR) is 152 cm³/mol. The Morgan fingerprint density at radius 3 is 2.65 bits per heavy atom. The van der Waals surface area contributed by atoms with Crippen LogP contribution in [0.4, 0.5) is 14.9 Å². The van der Waals surface area contributed by atoms with Gasteiger partial charge in [-0.25, -0.2) is 9.18 Å². The lowest BCUT2D eigenvalue weighted by Crippen LogP contribution is -2.76. The summed E-state index contributed by atoms with van der Waals surface area (Å²) in [7, 11) is 0. The van der Waals surface area contributed by atoms with Gasteiger partial charge in [0.15, 0.2) is 18.1 Å². The fourth-order valence-corrected chi connectivity index (χ4v) is 9.03. The van der Waals surface area contributed by atoms with Crippen molar-refractivity contribution in [2.45, 2.75) is 69.7 Å². The van der Waals surface area contributed by atoms with Gasteiger partial charge < -0.3 is 35.5 Å². The topological polar surface area (TPSA) is 157 Å². The van der Waals surface area contributed by atoms with Crippen molar-refractivity contribution in [2.75, 3.05) is 25.1 Å². The van der Waals surface area contributed by atoms with Gasteiger partial charge in [0.05, 0.1) is 12.7 Å². The average molecular weight is 599 g/mol. The summed E-state index contributed by atoms with van der Waals surface area (Å²) in [6, 6.07) is 6.82. The van der Waals surface area contributed by atoms with Crippen molar-refractivity contribution in [1.82, 2.24) is 0 Å². The summed E-state index contributed by atoms with van der Waals surface area (Å²) in [4.78, 5) is 38.2.